The summed E-state index contributed by atoms with van der Waals surface area (Å²) in [5, 5.41) is 9.89. The number of nitrogens with zero attached hydrogens (tertiary/aromatic N) is 2. The Morgan fingerprint density at radius 3 is 2.10 bits per heavy atom. The Bertz CT molecular complexity index is 1670. The van der Waals surface area contributed by atoms with Gasteiger partial charge in [-0.25, -0.2) is 26.5 Å². The monoisotopic (exact) mass is 769 g/mol. The molecule has 42 heavy (non-hydrogen) atoms. The number of aryl methyl sites for hydroxylation is 1. The topological polar surface area (TPSA) is 117 Å². The molecule has 0 saturated heterocycles. The van der Waals surface area contributed by atoms with E-state index in [0.29, 0.717) is 15.7 Å². The second-order valence-electron chi connectivity index (χ2n) is 9.17. The lowest BCUT2D eigenvalue weighted by Gasteiger charge is -2.39. The molecular weight excluding hydrogens is 751 g/mol. The third-order valence-electron chi connectivity index (χ3n) is 6.52. The molecule has 0 aliphatic carbocycles. The van der Waals surface area contributed by atoms with E-state index in [1.165, 1.54) is 30.3 Å². The number of rotatable bonds is 7. The van der Waals surface area contributed by atoms with Gasteiger partial charge in [0.25, 0.3) is 15.6 Å². The van der Waals surface area contributed by atoms with Gasteiger partial charge in [-0.05, 0) is 83.5 Å². The van der Waals surface area contributed by atoms with Gasteiger partial charge in [0.15, 0.2) is 0 Å². The van der Waals surface area contributed by atoms with E-state index in [0.717, 1.165) is 22.6 Å². The number of pyridine rings is 1. The summed E-state index contributed by atoms with van der Waals surface area (Å²) >= 11 is 7.62. The first-order chi connectivity index (χ1) is 19.3. The average molecular weight is 770 g/mol. The Morgan fingerprint density at radius 2 is 1.55 bits per heavy atom. The second kappa shape index (κ2) is 11.4. The molecule has 0 saturated carbocycles. The summed E-state index contributed by atoms with van der Waals surface area (Å²) in [4.78, 5) is 3.16. The zero-order valence-electron chi connectivity index (χ0n) is 20.8. The fourth-order valence-electron chi connectivity index (χ4n) is 4.39. The summed E-state index contributed by atoms with van der Waals surface area (Å²) in [6.07, 6.45) is -11.7. The highest BCUT2D eigenvalue weighted by molar-refractivity contribution is 14.1. The molecule has 1 aromatic heterocycles. The second-order valence-corrected chi connectivity index (χ2v) is 14.4. The van der Waals surface area contributed by atoms with Gasteiger partial charge in [-0.1, -0.05) is 23.7 Å². The molecule has 1 atom stereocenters. The SMILES string of the molecule is O=S(=O)(NC[C@@H]1CCc2cc(C(O)(C(F)(F)F)C(F)(F)F)ccc2N1S(=O)(=O)c1ccc(I)cc1)c1ccc(Cl)nc1. The Morgan fingerprint density at radius 1 is 0.952 bits per heavy atom. The number of anilines is 1. The van der Waals surface area contributed by atoms with Crippen molar-refractivity contribution in [2.75, 3.05) is 10.8 Å². The van der Waals surface area contributed by atoms with Gasteiger partial charge in [-0.3, -0.25) is 4.31 Å². The van der Waals surface area contributed by atoms with E-state index in [2.05, 4.69) is 9.71 Å². The molecule has 3 aromatic rings. The Kier molecular flexibility index (Phi) is 8.87. The third kappa shape index (κ3) is 6.08. The standard InChI is InChI=1S/C24H19ClF6IN3O5S2/c25-21-10-8-19(13-33-21)41(37,38)34-12-17-5-1-14-11-15(22(36,23(26,27)28)24(29,30)31)2-9-20(14)35(17)42(39,40)18-6-3-16(32)4-7-18/h2-4,6-11,13,17,34,36H,1,5,12H2/t17-/m0/s1. The molecule has 0 fully saturated rings. The highest BCUT2D eigenvalue weighted by Crippen LogP contribution is 2.51. The van der Waals surface area contributed by atoms with Crippen LogP contribution in [0, 0.1) is 3.57 Å². The number of alkyl halides is 6. The predicted octanol–water partition coefficient (Wildman–Crippen LogP) is 5.14. The van der Waals surface area contributed by atoms with Crippen molar-refractivity contribution in [3.63, 3.8) is 0 Å². The quantitative estimate of drug-likeness (QED) is 0.196. The maximum absolute atomic E-state index is 13.8. The van der Waals surface area contributed by atoms with Crippen LogP contribution in [0.3, 0.4) is 0 Å². The summed E-state index contributed by atoms with van der Waals surface area (Å²) in [5.74, 6) is 0. The van der Waals surface area contributed by atoms with Crippen molar-refractivity contribution in [1.29, 1.82) is 0 Å². The van der Waals surface area contributed by atoms with Crippen molar-refractivity contribution < 1.29 is 48.3 Å². The lowest BCUT2D eigenvalue weighted by atomic mass is 9.88. The molecule has 2 N–H and O–H groups in total. The van der Waals surface area contributed by atoms with Crippen molar-refractivity contribution in [3.05, 3.63) is 80.6 Å². The van der Waals surface area contributed by atoms with Gasteiger partial charge in [0, 0.05) is 21.9 Å². The number of aliphatic hydroxyl groups is 1. The maximum atomic E-state index is 13.8. The zero-order chi connectivity index (χ0) is 31.3. The van der Waals surface area contributed by atoms with Crippen LogP contribution in [0.1, 0.15) is 17.5 Å². The molecular formula is C24H19ClF6IN3O5S2. The molecule has 0 radical (unpaired) electrons. The highest BCUT2D eigenvalue weighted by atomic mass is 127. The van der Waals surface area contributed by atoms with E-state index in [1.54, 1.807) is 0 Å². The van der Waals surface area contributed by atoms with Gasteiger partial charge in [-0.2, -0.15) is 26.3 Å². The summed E-state index contributed by atoms with van der Waals surface area (Å²) in [6, 6.07) is 8.25. The van der Waals surface area contributed by atoms with E-state index in [1.807, 2.05) is 22.6 Å². The van der Waals surface area contributed by atoms with Crippen molar-refractivity contribution in [3.8, 4) is 0 Å². The molecule has 228 valence electrons. The molecule has 2 aromatic carbocycles. The molecule has 1 aliphatic heterocycles. The first kappa shape index (κ1) is 32.7. The highest BCUT2D eigenvalue weighted by Gasteiger charge is 2.71. The summed E-state index contributed by atoms with van der Waals surface area (Å²) in [6.45, 7) is -0.509. The van der Waals surface area contributed by atoms with Gasteiger partial charge in [0.1, 0.15) is 10.0 Å². The Balaban J connectivity index is 1.80. The van der Waals surface area contributed by atoms with Gasteiger partial charge in [0.2, 0.25) is 10.0 Å². The molecule has 8 nitrogen and oxygen atoms in total. The number of halogens is 8. The van der Waals surface area contributed by atoms with E-state index >= 15 is 0 Å². The van der Waals surface area contributed by atoms with Gasteiger partial charge in [0.05, 0.1) is 16.6 Å². The summed E-state index contributed by atoms with van der Waals surface area (Å²) in [7, 11) is -8.75. The van der Waals surface area contributed by atoms with Crippen molar-refractivity contribution in [2.45, 2.75) is 46.6 Å². The Labute approximate surface area is 254 Å². The number of aromatic nitrogens is 1. The maximum Gasteiger partial charge on any atom is 0.430 e. The van der Waals surface area contributed by atoms with E-state index < -0.39 is 56.2 Å². The van der Waals surface area contributed by atoms with Crippen LogP contribution in [0.15, 0.2) is 70.6 Å². The molecule has 0 amide bonds. The minimum absolute atomic E-state index is 0.0231. The number of sulfonamides is 2. The van der Waals surface area contributed by atoms with E-state index in [9.17, 15) is 48.3 Å². The molecule has 18 heteroatoms. The van der Waals surface area contributed by atoms with Crippen LogP contribution in [0.4, 0.5) is 32.0 Å². The molecule has 0 unspecified atom stereocenters. The van der Waals surface area contributed by atoms with Crippen LogP contribution < -0.4 is 9.03 Å². The van der Waals surface area contributed by atoms with Crippen molar-refractivity contribution in [2.24, 2.45) is 0 Å². The number of hydrogen-bond acceptors (Lipinski definition) is 6. The van der Waals surface area contributed by atoms with Gasteiger partial charge in [-0.15, -0.1) is 0 Å². The number of benzene rings is 2. The average Bonchev–Trinajstić information content (AvgIpc) is 2.90. The minimum Gasteiger partial charge on any atom is -0.369 e. The fourth-order valence-corrected chi connectivity index (χ4v) is 7.60. The summed E-state index contributed by atoms with van der Waals surface area (Å²) in [5.41, 5.74) is -7.25. The lowest BCUT2D eigenvalue weighted by molar-refractivity contribution is -0.376. The normalized spacial score (nSPS) is 16.8. The number of hydrogen-bond donors (Lipinski definition) is 2. The van der Waals surface area contributed by atoms with Crippen LogP contribution in [0.5, 0.6) is 0 Å². The predicted molar refractivity (Wildman–Crippen MR) is 148 cm³/mol. The Hall–Kier alpha value is -2.19. The van der Waals surface area contributed by atoms with E-state index in [-0.39, 0.29) is 39.0 Å². The summed E-state index contributed by atoms with van der Waals surface area (Å²) < 4.78 is 138. The van der Waals surface area contributed by atoms with Gasteiger partial charge >= 0.3 is 12.4 Å². The number of fused-ring (bicyclic) bond motifs is 1. The largest absolute Gasteiger partial charge is 0.430 e. The number of nitrogens with one attached hydrogen (secondary N) is 1. The minimum atomic E-state index is -6.14. The molecule has 0 spiro atoms. The van der Waals surface area contributed by atoms with E-state index in [4.69, 9.17) is 11.6 Å². The first-order valence-corrected chi connectivity index (χ1v) is 16.1. The van der Waals surface area contributed by atoms with Crippen LogP contribution in [0.2, 0.25) is 5.15 Å². The molecule has 4 rings (SSSR count). The van der Waals surface area contributed by atoms with Crippen LogP contribution in [-0.2, 0) is 32.1 Å². The van der Waals surface area contributed by atoms with Crippen LogP contribution in [-0.4, -0.2) is 51.9 Å². The molecule has 0 bridgehead atoms. The van der Waals surface area contributed by atoms with Crippen LogP contribution >= 0.6 is 34.2 Å². The first-order valence-electron chi connectivity index (χ1n) is 11.7. The zero-order valence-corrected chi connectivity index (χ0v) is 25.3. The van der Waals surface area contributed by atoms with Crippen LogP contribution in [0.25, 0.3) is 0 Å². The fraction of sp³-hybridized carbons (Fsp3) is 0.292. The van der Waals surface area contributed by atoms with Gasteiger partial charge < -0.3 is 5.11 Å². The van der Waals surface area contributed by atoms with Crippen molar-refractivity contribution in [1.82, 2.24) is 9.71 Å². The molecule has 1 aliphatic rings. The molecule has 2 heterocycles. The smallest absolute Gasteiger partial charge is 0.369 e. The third-order valence-corrected chi connectivity index (χ3v) is 10.8. The lowest BCUT2D eigenvalue weighted by Crippen LogP contribution is -2.54. The van der Waals surface area contributed by atoms with Crippen molar-refractivity contribution >= 4 is 59.9 Å².